The van der Waals surface area contributed by atoms with Crippen molar-refractivity contribution in [2.75, 3.05) is 0 Å². The summed E-state index contributed by atoms with van der Waals surface area (Å²) in [6.45, 7) is -0.532. The third kappa shape index (κ3) is 2.89. The van der Waals surface area contributed by atoms with Crippen molar-refractivity contribution >= 4 is 6.08 Å². The van der Waals surface area contributed by atoms with Crippen LogP contribution < -0.4 is 0 Å². The smallest absolute Gasteiger partial charge is 0.211 e. The van der Waals surface area contributed by atoms with E-state index in [1.165, 1.54) is 0 Å². The number of hydrogen-bond donors (Lipinski definition) is 0. The van der Waals surface area contributed by atoms with Gasteiger partial charge in [0.15, 0.2) is 0 Å². The molecule has 80 valence electrons. The first-order chi connectivity index (χ1) is 6.95. The lowest BCUT2D eigenvalue weighted by atomic mass is 10.1. The average molecular weight is 219 g/mol. The minimum absolute atomic E-state index is 0.383. The number of rotatable bonds is 2. The predicted molar refractivity (Wildman–Crippen MR) is 43.2 cm³/mol. The number of alkyl halides is 3. The van der Waals surface area contributed by atoms with Crippen LogP contribution in [0.1, 0.15) is 11.1 Å². The molecule has 15 heavy (non-hydrogen) atoms. The van der Waals surface area contributed by atoms with Crippen molar-refractivity contribution in [3.05, 3.63) is 35.1 Å². The van der Waals surface area contributed by atoms with E-state index in [4.69, 9.17) is 0 Å². The van der Waals surface area contributed by atoms with E-state index >= 15 is 0 Å². The molecular formula is C9H5F4NO. The van der Waals surface area contributed by atoms with Crippen LogP contribution in [0.3, 0.4) is 0 Å². The van der Waals surface area contributed by atoms with Crippen LogP contribution >= 0.6 is 0 Å². The molecule has 0 spiro atoms. The van der Waals surface area contributed by atoms with Gasteiger partial charge < -0.3 is 0 Å². The SMILES string of the molecule is O=C=NCc1cc(F)ccc1C(F)(F)F. The molecule has 0 radical (unpaired) electrons. The van der Waals surface area contributed by atoms with E-state index < -0.39 is 24.1 Å². The van der Waals surface area contributed by atoms with E-state index in [0.717, 1.165) is 6.08 Å². The molecule has 0 aliphatic carbocycles. The number of aliphatic imine (C=N–C) groups is 1. The summed E-state index contributed by atoms with van der Waals surface area (Å²) in [5.41, 5.74) is -1.38. The number of halogens is 4. The van der Waals surface area contributed by atoms with Crippen LogP contribution in [0.2, 0.25) is 0 Å². The summed E-state index contributed by atoms with van der Waals surface area (Å²) in [5.74, 6) is -0.806. The molecule has 0 atom stereocenters. The number of benzene rings is 1. The monoisotopic (exact) mass is 219 g/mol. The van der Waals surface area contributed by atoms with Gasteiger partial charge in [-0.1, -0.05) is 0 Å². The maximum atomic E-state index is 12.7. The number of isocyanates is 1. The summed E-state index contributed by atoms with van der Waals surface area (Å²) in [4.78, 5) is 12.7. The Kier molecular flexibility index (Phi) is 3.21. The van der Waals surface area contributed by atoms with E-state index in [1.54, 1.807) is 0 Å². The van der Waals surface area contributed by atoms with E-state index in [0.29, 0.717) is 18.2 Å². The molecular weight excluding hydrogens is 214 g/mol. The Morgan fingerprint density at radius 3 is 2.53 bits per heavy atom. The normalized spacial score (nSPS) is 10.9. The maximum absolute atomic E-state index is 12.7. The Morgan fingerprint density at radius 1 is 1.33 bits per heavy atom. The molecule has 0 saturated heterocycles. The standard InChI is InChI=1S/C9H5F4NO/c10-7-1-2-8(9(11,12)13)6(3-7)4-14-5-15/h1-3H,4H2. The van der Waals surface area contributed by atoms with E-state index in [9.17, 15) is 22.4 Å². The van der Waals surface area contributed by atoms with Crippen molar-refractivity contribution in [2.45, 2.75) is 12.7 Å². The predicted octanol–water partition coefficient (Wildman–Crippen LogP) is 2.68. The van der Waals surface area contributed by atoms with Crippen LogP contribution in [0.5, 0.6) is 0 Å². The topological polar surface area (TPSA) is 29.4 Å². The zero-order valence-corrected chi connectivity index (χ0v) is 7.31. The molecule has 2 nitrogen and oxygen atoms in total. The Labute approximate surface area is 82.2 Å². The average Bonchev–Trinajstić information content (AvgIpc) is 2.12. The highest BCUT2D eigenvalue weighted by atomic mass is 19.4. The van der Waals surface area contributed by atoms with Gasteiger partial charge in [-0.3, -0.25) is 0 Å². The van der Waals surface area contributed by atoms with Crippen LogP contribution in [0, 0.1) is 5.82 Å². The molecule has 0 N–H and O–H groups in total. The second kappa shape index (κ2) is 4.23. The highest BCUT2D eigenvalue weighted by molar-refractivity contribution is 5.36. The van der Waals surface area contributed by atoms with E-state index in [1.807, 2.05) is 0 Å². The van der Waals surface area contributed by atoms with Gasteiger partial charge in [0.05, 0.1) is 12.1 Å². The van der Waals surface area contributed by atoms with Gasteiger partial charge in [0, 0.05) is 0 Å². The quantitative estimate of drug-likeness (QED) is 0.427. The summed E-state index contributed by atoms with van der Waals surface area (Å²) >= 11 is 0. The summed E-state index contributed by atoms with van der Waals surface area (Å²) in [7, 11) is 0. The van der Waals surface area contributed by atoms with Gasteiger partial charge in [-0.2, -0.15) is 13.2 Å². The number of hydrogen-bond acceptors (Lipinski definition) is 2. The number of nitrogens with zero attached hydrogens (tertiary/aromatic N) is 1. The zero-order chi connectivity index (χ0) is 11.5. The fourth-order valence-electron chi connectivity index (χ4n) is 1.09. The number of carbonyl (C=O) groups excluding carboxylic acids is 1. The lowest BCUT2D eigenvalue weighted by Crippen LogP contribution is -2.09. The van der Waals surface area contributed by atoms with Crippen LogP contribution in [-0.4, -0.2) is 6.08 Å². The van der Waals surface area contributed by atoms with E-state index in [-0.39, 0.29) is 5.56 Å². The minimum Gasteiger partial charge on any atom is -0.211 e. The Bertz CT molecular complexity index is 407. The van der Waals surface area contributed by atoms with Crippen molar-refractivity contribution in [1.29, 1.82) is 0 Å². The van der Waals surface area contributed by atoms with Crippen LogP contribution in [0.25, 0.3) is 0 Å². The molecule has 0 aromatic heterocycles. The van der Waals surface area contributed by atoms with Crippen molar-refractivity contribution in [2.24, 2.45) is 4.99 Å². The molecule has 0 heterocycles. The third-order valence-corrected chi connectivity index (χ3v) is 1.69. The Balaban J connectivity index is 3.20. The van der Waals surface area contributed by atoms with E-state index in [2.05, 4.69) is 4.99 Å². The highest BCUT2D eigenvalue weighted by Gasteiger charge is 2.33. The molecule has 1 aromatic rings. The molecule has 0 amide bonds. The molecule has 0 unspecified atom stereocenters. The summed E-state index contributed by atoms with van der Waals surface area (Å²) in [6.07, 6.45) is -3.48. The fraction of sp³-hybridized carbons (Fsp3) is 0.222. The second-order valence-electron chi connectivity index (χ2n) is 2.71. The van der Waals surface area contributed by atoms with Crippen LogP contribution in [0.15, 0.2) is 23.2 Å². The Hall–Kier alpha value is -1.68. The first-order valence-electron chi connectivity index (χ1n) is 3.84. The molecule has 0 fully saturated rings. The van der Waals surface area contributed by atoms with Gasteiger partial charge >= 0.3 is 6.18 Å². The van der Waals surface area contributed by atoms with Crippen LogP contribution in [0.4, 0.5) is 17.6 Å². The molecule has 0 aliphatic heterocycles. The minimum atomic E-state index is -4.58. The first-order valence-corrected chi connectivity index (χ1v) is 3.84. The van der Waals surface area contributed by atoms with Crippen LogP contribution in [-0.2, 0) is 17.5 Å². The summed E-state index contributed by atoms with van der Waals surface area (Å²) in [5, 5.41) is 0. The molecule has 6 heteroatoms. The second-order valence-corrected chi connectivity index (χ2v) is 2.71. The van der Waals surface area contributed by atoms with Gasteiger partial charge in [-0.15, -0.1) is 0 Å². The summed E-state index contributed by atoms with van der Waals surface area (Å²) in [6, 6.07) is 2.02. The largest absolute Gasteiger partial charge is 0.416 e. The fourth-order valence-corrected chi connectivity index (χ4v) is 1.09. The molecule has 1 aromatic carbocycles. The third-order valence-electron chi connectivity index (χ3n) is 1.69. The summed E-state index contributed by atoms with van der Waals surface area (Å²) < 4.78 is 49.7. The zero-order valence-electron chi connectivity index (χ0n) is 7.31. The van der Waals surface area contributed by atoms with Crippen molar-refractivity contribution < 1.29 is 22.4 Å². The van der Waals surface area contributed by atoms with Gasteiger partial charge in [-0.25, -0.2) is 14.2 Å². The van der Waals surface area contributed by atoms with Crippen molar-refractivity contribution in [1.82, 2.24) is 0 Å². The highest BCUT2D eigenvalue weighted by Crippen LogP contribution is 2.32. The first kappa shape index (κ1) is 11.4. The van der Waals surface area contributed by atoms with Crippen molar-refractivity contribution in [3.8, 4) is 0 Å². The van der Waals surface area contributed by atoms with Gasteiger partial charge in [0.2, 0.25) is 6.08 Å². The van der Waals surface area contributed by atoms with Crippen molar-refractivity contribution in [3.63, 3.8) is 0 Å². The molecule has 0 saturated carbocycles. The lowest BCUT2D eigenvalue weighted by molar-refractivity contribution is -0.138. The van der Waals surface area contributed by atoms with Gasteiger partial charge in [0.25, 0.3) is 0 Å². The Morgan fingerprint density at radius 2 is 2.00 bits per heavy atom. The van der Waals surface area contributed by atoms with Gasteiger partial charge in [0.1, 0.15) is 5.82 Å². The molecule has 1 rings (SSSR count). The maximum Gasteiger partial charge on any atom is 0.416 e. The lowest BCUT2D eigenvalue weighted by Gasteiger charge is -2.10. The molecule has 0 bridgehead atoms. The van der Waals surface area contributed by atoms with Gasteiger partial charge in [-0.05, 0) is 23.8 Å². The molecule has 0 aliphatic rings.